The summed E-state index contributed by atoms with van der Waals surface area (Å²) in [7, 11) is 2.03. The molecule has 0 saturated heterocycles. The molecule has 0 saturated carbocycles. The summed E-state index contributed by atoms with van der Waals surface area (Å²) in [5, 5.41) is 0.781. The average molecular weight is 282 g/mol. The minimum absolute atomic E-state index is 0.210. The summed E-state index contributed by atoms with van der Waals surface area (Å²) in [5.41, 5.74) is 0.851. The Bertz CT molecular complexity index is 437. The normalized spacial score (nSPS) is 13.6. The summed E-state index contributed by atoms with van der Waals surface area (Å²) < 4.78 is 0. The van der Waals surface area contributed by atoms with Gasteiger partial charge in [-0.25, -0.2) is 0 Å². The van der Waals surface area contributed by atoms with Crippen LogP contribution in [0.15, 0.2) is 24.3 Å². The Morgan fingerprint density at radius 1 is 1.32 bits per heavy atom. The van der Waals surface area contributed by atoms with Crippen LogP contribution in [0.5, 0.6) is 0 Å². The summed E-state index contributed by atoms with van der Waals surface area (Å²) in [6.45, 7) is 8.76. The van der Waals surface area contributed by atoms with Crippen LogP contribution in [0.25, 0.3) is 0 Å². The van der Waals surface area contributed by atoms with Crippen LogP contribution in [0.3, 0.4) is 0 Å². The second-order valence-electron chi connectivity index (χ2n) is 6.10. The lowest BCUT2D eigenvalue weighted by atomic mass is 9.89. The van der Waals surface area contributed by atoms with Crippen LogP contribution in [0.1, 0.15) is 45.7 Å². The van der Waals surface area contributed by atoms with Crippen molar-refractivity contribution in [1.82, 2.24) is 4.90 Å². The lowest BCUT2D eigenvalue weighted by Crippen LogP contribution is -2.29. The zero-order chi connectivity index (χ0) is 14.6. The van der Waals surface area contributed by atoms with Crippen LogP contribution in [-0.4, -0.2) is 24.3 Å². The molecule has 0 spiro atoms. The van der Waals surface area contributed by atoms with Gasteiger partial charge in [0.2, 0.25) is 0 Å². The van der Waals surface area contributed by atoms with E-state index < -0.39 is 0 Å². The molecule has 0 radical (unpaired) electrons. The Balaban J connectivity index is 2.62. The zero-order valence-corrected chi connectivity index (χ0v) is 13.3. The molecule has 0 aliphatic carbocycles. The first-order valence-corrected chi connectivity index (χ1v) is 7.09. The number of ketones is 1. The van der Waals surface area contributed by atoms with Crippen LogP contribution in [0.2, 0.25) is 5.02 Å². The third-order valence-corrected chi connectivity index (χ3v) is 3.89. The van der Waals surface area contributed by atoms with Crippen molar-refractivity contribution >= 4 is 17.4 Å². The van der Waals surface area contributed by atoms with Crippen molar-refractivity contribution in [3.05, 3.63) is 34.9 Å². The Kier molecular flexibility index (Phi) is 5.57. The van der Waals surface area contributed by atoms with E-state index >= 15 is 0 Å². The van der Waals surface area contributed by atoms with Crippen molar-refractivity contribution in [2.75, 3.05) is 13.6 Å². The zero-order valence-electron chi connectivity index (χ0n) is 12.5. The Labute approximate surface area is 121 Å². The van der Waals surface area contributed by atoms with Gasteiger partial charge in [-0.15, -0.1) is 0 Å². The highest BCUT2D eigenvalue weighted by Gasteiger charge is 2.22. The van der Waals surface area contributed by atoms with Crippen molar-refractivity contribution in [1.29, 1.82) is 0 Å². The summed E-state index contributed by atoms with van der Waals surface area (Å²) in [4.78, 5) is 14.1. The highest BCUT2D eigenvalue weighted by atomic mass is 35.5. The van der Waals surface area contributed by atoms with Crippen LogP contribution in [0.4, 0.5) is 0 Å². The number of nitrogens with zero attached hydrogens (tertiary/aromatic N) is 1. The summed E-state index contributed by atoms with van der Waals surface area (Å²) >= 11 is 6.20. The van der Waals surface area contributed by atoms with E-state index in [1.54, 1.807) is 0 Å². The number of Topliss-reactive ketones (excluding diaryl/α,β-unsaturated/α-hetero) is 1. The lowest BCUT2D eigenvalue weighted by molar-refractivity contribution is -0.126. The quantitative estimate of drug-likeness (QED) is 0.800. The van der Waals surface area contributed by atoms with Crippen molar-refractivity contribution < 1.29 is 4.79 Å². The van der Waals surface area contributed by atoms with Gasteiger partial charge < -0.3 is 0 Å². The second-order valence-corrected chi connectivity index (χ2v) is 6.51. The molecule has 2 nitrogen and oxygen atoms in total. The van der Waals surface area contributed by atoms with Gasteiger partial charge in [-0.2, -0.15) is 0 Å². The number of carbonyl (C=O) groups excluding carboxylic acids is 1. The van der Waals surface area contributed by atoms with E-state index in [1.807, 2.05) is 52.1 Å². The summed E-state index contributed by atoms with van der Waals surface area (Å²) in [5.74, 6) is 0.297. The van der Waals surface area contributed by atoms with Crippen LogP contribution >= 0.6 is 11.6 Å². The molecule has 0 N–H and O–H groups in total. The van der Waals surface area contributed by atoms with Gasteiger partial charge in [0.15, 0.2) is 0 Å². The average Bonchev–Trinajstić information content (AvgIpc) is 2.34. The van der Waals surface area contributed by atoms with E-state index in [2.05, 4.69) is 11.8 Å². The molecule has 19 heavy (non-hydrogen) atoms. The van der Waals surface area contributed by atoms with Crippen molar-refractivity contribution in [2.45, 2.75) is 40.2 Å². The predicted octanol–water partition coefficient (Wildman–Crippen LogP) is 4.34. The number of rotatable bonds is 5. The lowest BCUT2D eigenvalue weighted by Gasteiger charge is -2.27. The van der Waals surface area contributed by atoms with E-state index in [0.717, 1.165) is 17.1 Å². The molecule has 0 aromatic heterocycles. The Morgan fingerprint density at radius 3 is 2.42 bits per heavy atom. The maximum absolute atomic E-state index is 11.9. The molecule has 0 aliphatic rings. The van der Waals surface area contributed by atoms with Crippen molar-refractivity contribution in [3.8, 4) is 0 Å². The molecule has 0 amide bonds. The summed E-state index contributed by atoms with van der Waals surface area (Å²) in [6, 6.07) is 8.07. The molecule has 0 bridgehead atoms. The minimum atomic E-state index is -0.255. The Hall–Kier alpha value is -0.860. The number of benzene rings is 1. The van der Waals surface area contributed by atoms with Crippen LogP contribution < -0.4 is 0 Å². The molecule has 0 heterocycles. The number of hydrogen-bond donors (Lipinski definition) is 0. The monoisotopic (exact) mass is 281 g/mol. The van der Waals surface area contributed by atoms with Crippen LogP contribution in [0, 0.1) is 5.41 Å². The molecule has 1 unspecified atom stereocenters. The molecule has 1 atom stereocenters. The number of halogens is 1. The molecular weight excluding hydrogens is 258 g/mol. The molecule has 1 rings (SSSR count). The molecule has 106 valence electrons. The minimum Gasteiger partial charge on any atom is -0.299 e. The smallest absolute Gasteiger partial charge is 0.139 e. The summed E-state index contributed by atoms with van der Waals surface area (Å²) in [6.07, 6.45) is 0.578. The number of hydrogen-bond acceptors (Lipinski definition) is 2. The van der Waals surface area contributed by atoms with E-state index in [-0.39, 0.29) is 11.5 Å². The van der Waals surface area contributed by atoms with Crippen molar-refractivity contribution in [3.63, 3.8) is 0 Å². The highest BCUT2D eigenvalue weighted by molar-refractivity contribution is 6.31. The van der Waals surface area contributed by atoms with E-state index in [9.17, 15) is 4.79 Å². The maximum Gasteiger partial charge on any atom is 0.139 e. The first-order valence-electron chi connectivity index (χ1n) is 6.71. The van der Waals surface area contributed by atoms with Gasteiger partial charge in [0.1, 0.15) is 5.78 Å². The largest absolute Gasteiger partial charge is 0.299 e. The number of carbonyl (C=O) groups is 1. The van der Waals surface area contributed by atoms with E-state index in [4.69, 9.17) is 11.6 Å². The van der Waals surface area contributed by atoms with Gasteiger partial charge in [0, 0.05) is 29.4 Å². The SMILES string of the molecule is CC(c1ccccc1Cl)N(C)CCC(=O)C(C)(C)C. The fourth-order valence-corrected chi connectivity index (χ4v) is 2.19. The van der Waals surface area contributed by atoms with Gasteiger partial charge in [-0.1, -0.05) is 50.6 Å². The van der Waals surface area contributed by atoms with Gasteiger partial charge in [-0.3, -0.25) is 9.69 Å². The molecule has 0 aliphatic heterocycles. The Morgan fingerprint density at radius 2 is 1.89 bits per heavy atom. The van der Waals surface area contributed by atoms with Gasteiger partial charge in [-0.05, 0) is 25.6 Å². The van der Waals surface area contributed by atoms with E-state index in [1.165, 1.54) is 0 Å². The van der Waals surface area contributed by atoms with E-state index in [0.29, 0.717) is 12.2 Å². The standard InChI is InChI=1S/C16H24ClNO/c1-12(13-8-6-7-9-14(13)17)18(5)11-10-15(19)16(2,3)4/h6-9,12H,10-11H2,1-5H3. The van der Waals surface area contributed by atoms with Gasteiger partial charge >= 0.3 is 0 Å². The van der Waals surface area contributed by atoms with Gasteiger partial charge in [0.25, 0.3) is 0 Å². The van der Waals surface area contributed by atoms with Crippen molar-refractivity contribution in [2.24, 2.45) is 5.41 Å². The predicted molar refractivity (Wildman–Crippen MR) is 81.6 cm³/mol. The molecule has 3 heteroatoms. The fourth-order valence-electron chi connectivity index (χ4n) is 1.90. The third-order valence-electron chi connectivity index (χ3n) is 3.54. The molecule has 1 aromatic rings. The van der Waals surface area contributed by atoms with Crippen LogP contribution in [-0.2, 0) is 4.79 Å². The first-order chi connectivity index (χ1) is 8.73. The molecule has 1 aromatic carbocycles. The highest BCUT2D eigenvalue weighted by Crippen LogP contribution is 2.26. The maximum atomic E-state index is 11.9. The third kappa shape index (κ3) is 4.63. The topological polar surface area (TPSA) is 20.3 Å². The molecular formula is C16H24ClNO. The van der Waals surface area contributed by atoms with Gasteiger partial charge in [0.05, 0.1) is 0 Å². The molecule has 0 fully saturated rings. The fraction of sp³-hybridized carbons (Fsp3) is 0.562. The first kappa shape index (κ1) is 16.2. The second kappa shape index (κ2) is 6.53.